The summed E-state index contributed by atoms with van der Waals surface area (Å²) in [5.74, 6) is 4.29. The van der Waals surface area contributed by atoms with Gasteiger partial charge in [-0.15, -0.1) is 0 Å². The number of rotatable bonds is 3. The molecule has 9 heteroatoms. The second-order valence-corrected chi connectivity index (χ2v) is 8.62. The van der Waals surface area contributed by atoms with E-state index in [-0.39, 0.29) is 10.5 Å². The number of hydrogen-bond acceptors (Lipinski definition) is 6. The van der Waals surface area contributed by atoms with Crippen molar-refractivity contribution < 1.29 is 17.2 Å². The molecule has 0 fully saturated rings. The molecule has 0 aliphatic heterocycles. The largest absolute Gasteiger partial charge is 0.340 e. The first-order chi connectivity index (χ1) is 14.8. The zero-order valence-corrected chi connectivity index (χ0v) is 16.9. The fourth-order valence-electron chi connectivity index (χ4n) is 2.80. The molecule has 4 aromatic rings. The van der Waals surface area contributed by atoms with Crippen LogP contribution in [0.3, 0.4) is 0 Å². The van der Waals surface area contributed by atoms with Gasteiger partial charge < -0.3 is 5.32 Å². The van der Waals surface area contributed by atoms with Crippen LogP contribution < -0.4 is 5.32 Å². The molecule has 0 unspecified atom stereocenters. The zero-order chi connectivity index (χ0) is 22.0. The molecule has 4 rings (SSSR count). The maximum absolute atomic E-state index is 13.8. The van der Waals surface area contributed by atoms with Gasteiger partial charge in [0.05, 0.1) is 16.7 Å². The molecule has 0 saturated carbocycles. The summed E-state index contributed by atoms with van der Waals surface area (Å²) in [5.41, 5.74) is 0.891. The van der Waals surface area contributed by atoms with Crippen LogP contribution in [0.1, 0.15) is 11.3 Å². The third kappa shape index (κ3) is 4.65. The minimum Gasteiger partial charge on any atom is -0.340 e. The van der Waals surface area contributed by atoms with Gasteiger partial charge in [-0.1, -0.05) is 5.92 Å². The Bertz CT molecular complexity index is 1460. The van der Waals surface area contributed by atoms with E-state index >= 15 is 0 Å². The van der Waals surface area contributed by atoms with Gasteiger partial charge >= 0.3 is 0 Å². The molecule has 0 atom stereocenters. The predicted molar refractivity (Wildman–Crippen MR) is 113 cm³/mol. The average Bonchev–Trinajstić information content (AvgIpc) is 2.74. The Labute approximate surface area is 176 Å². The SMILES string of the molecule is CS(=O)(=O)c1ccc(Nc2cc3c(C#Cc4cc(F)ncc4F)nccc3cn2)cc1. The Morgan fingerprint density at radius 1 is 0.935 bits per heavy atom. The Morgan fingerprint density at radius 2 is 1.71 bits per heavy atom. The molecule has 154 valence electrons. The van der Waals surface area contributed by atoms with Crippen molar-refractivity contribution in [3.8, 4) is 11.8 Å². The smallest absolute Gasteiger partial charge is 0.214 e. The lowest BCUT2D eigenvalue weighted by atomic mass is 10.1. The lowest BCUT2D eigenvalue weighted by molar-refractivity contribution is 0.558. The predicted octanol–water partition coefficient (Wildman–Crippen LogP) is 3.85. The Balaban J connectivity index is 1.68. The summed E-state index contributed by atoms with van der Waals surface area (Å²) in [7, 11) is -3.28. The van der Waals surface area contributed by atoms with Crippen molar-refractivity contribution in [2.75, 3.05) is 11.6 Å². The number of hydrogen-bond donors (Lipinski definition) is 1. The molecule has 3 aromatic heterocycles. The van der Waals surface area contributed by atoms with Crippen molar-refractivity contribution >= 4 is 32.1 Å². The minimum atomic E-state index is -3.28. The molecule has 0 radical (unpaired) electrons. The molecule has 3 heterocycles. The Morgan fingerprint density at radius 3 is 2.45 bits per heavy atom. The molecule has 0 amide bonds. The summed E-state index contributed by atoms with van der Waals surface area (Å²) < 4.78 is 50.2. The van der Waals surface area contributed by atoms with Crippen LogP contribution in [0.15, 0.2) is 66.0 Å². The molecular formula is C22H14F2N4O2S. The van der Waals surface area contributed by atoms with Gasteiger partial charge in [0.15, 0.2) is 15.7 Å². The quantitative estimate of drug-likeness (QED) is 0.388. The molecule has 0 aliphatic carbocycles. The normalized spacial score (nSPS) is 11.1. The zero-order valence-electron chi connectivity index (χ0n) is 16.1. The second kappa shape index (κ2) is 8.08. The molecule has 0 saturated heterocycles. The maximum Gasteiger partial charge on any atom is 0.214 e. The number of nitrogens with zero attached hydrogens (tertiary/aromatic N) is 3. The first kappa shape index (κ1) is 20.4. The fraction of sp³-hybridized carbons (Fsp3) is 0.0455. The van der Waals surface area contributed by atoms with Gasteiger partial charge in [-0.3, -0.25) is 0 Å². The maximum atomic E-state index is 13.8. The lowest BCUT2D eigenvalue weighted by Gasteiger charge is -2.08. The molecule has 1 aromatic carbocycles. The fourth-order valence-corrected chi connectivity index (χ4v) is 3.43. The van der Waals surface area contributed by atoms with Crippen molar-refractivity contribution in [2.24, 2.45) is 0 Å². The monoisotopic (exact) mass is 436 g/mol. The number of pyridine rings is 3. The van der Waals surface area contributed by atoms with Crippen LogP contribution >= 0.6 is 0 Å². The van der Waals surface area contributed by atoms with Gasteiger partial charge in [0, 0.05) is 41.2 Å². The van der Waals surface area contributed by atoms with Crippen molar-refractivity contribution in [3.63, 3.8) is 0 Å². The van der Waals surface area contributed by atoms with E-state index in [1.807, 2.05) is 0 Å². The van der Waals surface area contributed by atoms with Crippen LogP contribution in [0.4, 0.5) is 20.3 Å². The Kier molecular flexibility index (Phi) is 5.31. The van der Waals surface area contributed by atoms with Crippen molar-refractivity contribution in [1.82, 2.24) is 15.0 Å². The molecule has 0 bridgehead atoms. The van der Waals surface area contributed by atoms with Crippen LogP contribution in [0.25, 0.3) is 10.8 Å². The number of anilines is 2. The summed E-state index contributed by atoms with van der Waals surface area (Å²) in [6.07, 6.45) is 5.09. The lowest BCUT2D eigenvalue weighted by Crippen LogP contribution is -1.98. The number of aromatic nitrogens is 3. The third-order valence-electron chi connectivity index (χ3n) is 4.34. The summed E-state index contributed by atoms with van der Waals surface area (Å²) in [6, 6.07) is 10.7. The van der Waals surface area contributed by atoms with Crippen LogP contribution in [0, 0.1) is 23.6 Å². The van der Waals surface area contributed by atoms with Crippen LogP contribution in [-0.2, 0) is 9.84 Å². The van der Waals surface area contributed by atoms with Crippen LogP contribution in [0.2, 0.25) is 0 Å². The summed E-state index contributed by atoms with van der Waals surface area (Å²) in [4.78, 5) is 12.0. The van der Waals surface area contributed by atoms with E-state index in [9.17, 15) is 17.2 Å². The van der Waals surface area contributed by atoms with E-state index in [2.05, 4.69) is 32.1 Å². The van der Waals surface area contributed by atoms with E-state index in [0.717, 1.165) is 23.9 Å². The standard InChI is InChI=1S/C22H14F2N4O2S/c1-31(29,30)17-5-3-16(4-6-17)28-22-11-18-15(12-27-22)8-9-25-20(18)7-2-14-10-21(24)26-13-19(14)23/h3-6,8-13H,1H3,(H,27,28). The van der Waals surface area contributed by atoms with Crippen molar-refractivity contribution in [2.45, 2.75) is 4.90 Å². The van der Waals surface area contributed by atoms with Crippen LogP contribution in [-0.4, -0.2) is 29.6 Å². The number of halogens is 2. The van der Waals surface area contributed by atoms with Gasteiger partial charge in [-0.2, -0.15) is 4.39 Å². The van der Waals surface area contributed by atoms with Gasteiger partial charge in [0.1, 0.15) is 11.5 Å². The molecule has 6 nitrogen and oxygen atoms in total. The molecule has 1 N–H and O–H groups in total. The molecule has 0 aliphatic rings. The van der Waals surface area contributed by atoms with Gasteiger partial charge in [-0.25, -0.2) is 27.8 Å². The second-order valence-electron chi connectivity index (χ2n) is 6.61. The van der Waals surface area contributed by atoms with Crippen LogP contribution in [0.5, 0.6) is 0 Å². The number of benzene rings is 1. The first-order valence-electron chi connectivity index (χ1n) is 8.94. The third-order valence-corrected chi connectivity index (χ3v) is 5.47. The summed E-state index contributed by atoms with van der Waals surface area (Å²) in [5, 5.41) is 4.52. The number of sulfone groups is 1. The van der Waals surface area contributed by atoms with E-state index in [4.69, 9.17) is 0 Å². The minimum absolute atomic E-state index is 0.121. The van der Waals surface area contributed by atoms with Gasteiger partial charge in [0.25, 0.3) is 0 Å². The highest BCUT2D eigenvalue weighted by Gasteiger charge is 2.08. The van der Waals surface area contributed by atoms with Crippen molar-refractivity contribution in [3.05, 3.63) is 84.1 Å². The highest BCUT2D eigenvalue weighted by atomic mass is 32.2. The average molecular weight is 436 g/mol. The van der Waals surface area contributed by atoms with Crippen molar-refractivity contribution in [1.29, 1.82) is 0 Å². The highest BCUT2D eigenvalue weighted by molar-refractivity contribution is 7.90. The van der Waals surface area contributed by atoms with Gasteiger partial charge in [-0.05, 0) is 42.3 Å². The highest BCUT2D eigenvalue weighted by Crippen LogP contribution is 2.22. The number of fused-ring (bicyclic) bond motifs is 1. The summed E-state index contributed by atoms with van der Waals surface area (Å²) in [6.45, 7) is 0. The first-order valence-corrected chi connectivity index (χ1v) is 10.8. The number of nitrogens with one attached hydrogen (secondary N) is 1. The summed E-state index contributed by atoms with van der Waals surface area (Å²) >= 11 is 0. The van der Waals surface area contributed by atoms with E-state index < -0.39 is 21.6 Å². The van der Waals surface area contributed by atoms with E-state index in [0.29, 0.717) is 22.6 Å². The van der Waals surface area contributed by atoms with E-state index in [1.165, 1.54) is 12.1 Å². The topological polar surface area (TPSA) is 84.8 Å². The molecule has 31 heavy (non-hydrogen) atoms. The Hall–Kier alpha value is -3.90. The molecular weight excluding hydrogens is 422 g/mol. The van der Waals surface area contributed by atoms with Gasteiger partial charge in [0.2, 0.25) is 5.95 Å². The molecule has 0 spiro atoms. The van der Waals surface area contributed by atoms with E-state index in [1.54, 1.807) is 36.7 Å².